The Hall–Kier alpha value is -1.77. The van der Waals surface area contributed by atoms with E-state index in [-0.39, 0.29) is 11.1 Å². The fourth-order valence-corrected chi connectivity index (χ4v) is 5.06. The highest BCUT2D eigenvalue weighted by Crippen LogP contribution is 2.66. The van der Waals surface area contributed by atoms with Crippen LogP contribution in [0.5, 0.6) is 0 Å². The van der Waals surface area contributed by atoms with Gasteiger partial charge in [-0.2, -0.15) is 0 Å². The summed E-state index contributed by atoms with van der Waals surface area (Å²) < 4.78 is 6.53. The van der Waals surface area contributed by atoms with Crippen LogP contribution in [0.4, 0.5) is 5.69 Å². The van der Waals surface area contributed by atoms with Crippen LogP contribution in [0.2, 0.25) is 5.02 Å². The van der Waals surface area contributed by atoms with Crippen LogP contribution >= 0.6 is 11.6 Å². The lowest BCUT2D eigenvalue weighted by Gasteiger charge is -2.40. The van der Waals surface area contributed by atoms with Gasteiger partial charge in [-0.3, -0.25) is 0 Å². The Kier molecular flexibility index (Phi) is 2.61. The molecule has 1 fully saturated rings. The second kappa shape index (κ2) is 4.40. The number of ether oxygens (including phenoxy) is 1. The summed E-state index contributed by atoms with van der Waals surface area (Å²) in [5.41, 5.74) is 4.79. The number of nitrogens with zero attached hydrogens (tertiary/aromatic N) is 1. The van der Waals surface area contributed by atoms with E-state index in [9.17, 15) is 0 Å². The first-order valence-corrected chi connectivity index (χ1v) is 8.51. The van der Waals surface area contributed by atoms with Crippen molar-refractivity contribution in [3.8, 4) is 0 Å². The van der Waals surface area contributed by atoms with E-state index in [2.05, 4.69) is 54.4 Å². The largest absolute Gasteiger partial charge is 0.365 e. The van der Waals surface area contributed by atoms with Crippen LogP contribution in [-0.2, 0) is 10.3 Å². The van der Waals surface area contributed by atoms with E-state index in [0.717, 1.165) is 24.5 Å². The zero-order valence-corrected chi connectivity index (χ0v) is 13.8. The van der Waals surface area contributed by atoms with Gasteiger partial charge in [0.1, 0.15) is 5.60 Å². The van der Waals surface area contributed by atoms with Gasteiger partial charge in [0.25, 0.3) is 0 Å². The predicted octanol–water partition coefficient (Wildman–Crippen LogP) is 4.63. The zero-order valence-electron chi connectivity index (χ0n) is 13.1. The van der Waals surface area contributed by atoms with Gasteiger partial charge in [0, 0.05) is 23.3 Å². The van der Waals surface area contributed by atoms with Crippen molar-refractivity contribution in [2.24, 2.45) is 0 Å². The summed E-state index contributed by atoms with van der Waals surface area (Å²) >= 11 is 6.08. The monoisotopic (exact) mass is 323 g/mol. The average Bonchev–Trinajstić information content (AvgIpc) is 3.16. The van der Waals surface area contributed by atoms with Gasteiger partial charge >= 0.3 is 0 Å². The molecule has 0 aromatic heterocycles. The van der Waals surface area contributed by atoms with E-state index in [4.69, 9.17) is 16.3 Å². The molecule has 5 rings (SSSR count). The molecule has 116 valence electrons. The molecule has 0 spiro atoms. The minimum absolute atomic E-state index is 0.0195. The minimum atomic E-state index is -0.341. The second-order valence-electron chi connectivity index (χ2n) is 6.72. The van der Waals surface area contributed by atoms with Crippen LogP contribution in [0.15, 0.2) is 54.6 Å². The Morgan fingerprint density at radius 2 is 1.87 bits per heavy atom. The summed E-state index contributed by atoms with van der Waals surface area (Å²) in [5.74, 6) is 0. The molecule has 0 radical (unpaired) electrons. The zero-order chi connectivity index (χ0) is 15.7. The number of rotatable bonds is 1. The van der Waals surface area contributed by atoms with Gasteiger partial charge in [0.05, 0.1) is 12.1 Å². The van der Waals surface area contributed by atoms with Crippen LogP contribution < -0.4 is 4.90 Å². The molecule has 2 aromatic carbocycles. The summed E-state index contributed by atoms with van der Waals surface area (Å²) in [6.45, 7) is 0.809. The van der Waals surface area contributed by atoms with Crippen molar-refractivity contribution in [3.63, 3.8) is 0 Å². The number of para-hydroxylation sites is 1. The van der Waals surface area contributed by atoms with Crippen molar-refractivity contribution in [1.29, 1.82) is 0 Å². The van der Waals surface area contributed by atoms with Crippen molar-refractivity contribution in [3.05, 3.63) is 70.8 Å². The van der Waals surface area contributed by atoms with E-state index in [1.807, 2.05) is 12.1 Å². The smallest absolute Gasteiger partial charge is 0.144 e. The van der Waals surface area contributed by atoms with Gasteiger partial charge in [-0.1, -0.05) is 48.0 Å². The second-order valence-corrected chi connectivity index (χ2v) is 7.15. The number of fused-ring (bicyclic) bond motifs is 1. The van der Waals surface area contributed by atoms with Crippen molar-refractivity contribution in [2.45, 2.75) is 24.0 Å². The molecule has 2 heterocycles. The molecular formula is C20H18ClNO. The van der Waals surface area contributed by atoms with Gasteiger partial charge in [-0.25, -0.2) is 0 Å². The lowest BCUT2D eigenvalue weighted by atomic mass is 9.75. The highest BCUT2D eigenvalue weighted by atomic mass is 35.5. The third-order valence-corrected chi connectivity index (χ3v) is 6.21. The molecule has 0 N–H and O–H groups in total. The Balaban J connectivity index is 1.77. The Morgan fingerprint density at radius 3 is 2.70 bits per heavy atom. The number of likely N-dealkylation sites (N-methyl/N-ethyl adjacent to an activating group) is 1. The number of hydrogen-bond acceptors (Lipinski definition) is 2. The molecule has 2 aromatic rings. The first kappa shape index (κ1) is 13.6. The molecule has 3 heteroatoms. The van der Waals surface area contributed by atoms with Gasteiger partial charge < -0.3 is 9.64 Å². The average molecular weight is 324 g/mol. The molecule has 1 saturated heterocycles. The van der Waals surface area contributed by atoms with E-state index in [1.165, 1.54) is 22.4 Å². The summed E-state index contributed by atoms with van der Waals surface area (Å²) in [6.07, 6.45) is 4.46. The molecule has 23 heavy (non-hydrogen) atoms. The number of benzene rings is 2. The Bertz CT molecular complexity index is 828. The quantitative estimate of drug-likeness (QED) is 0.758. The van der Waals surface area contributed by atoms with Gasteiger partial charge in [0.15, 0.2) is 0 Å². The maximum absolute atomic E-state index is 6.53. The molecular weight excluding hydrogens is 306 g/mol. The summed E-state index contributed by atoms with van der Waals surface area (Å²) in [4.78, 5) is 2.45. The Morgan fingerprint density at radius 1 is 1.09 bits per heavy atom. The molecule has 0 bridgehead atoms. The van der Waals surface area contributed by atoms with E-state index in [1.54, 1.807) is 0 Å². The maximum atomic E-state index is 6.53. The van der Waals surface area contributed by atoms with Gasteiger partial charge in [-0.15, -0.1) is 0 Å². The molecule has 2 nitrogen and oxygen atoms in total. The van der Waals surface area contributed by atoms with Gasteiger partial charge in [-0.05, 0) is 42.2 Å². The highest BCUT2D eigenvalue weighted by Gasteiger charge is 2.68. The summed E-state index contributed by atoms with van der Waals surface area (Å²) in [5, 5.41) is 0.771. The number of hydrogen-bond donors (Lipinski definition) is 0. The fourth-order valence-electron chi connectivity index (χ4n) is 4.93. The summed E-state index contributed by atoms with van der Waals surface area (Å²) in [7, 11) is 2.22. The molecule has 0 saturated carbocycles. The minimum Gasteiger partial charge on any atom is -0.365 e. The van der Waals surface area contributed by atoms with E-state index < -0.39 is 0 Å². The highest BCUT2D eigenvalue weighted by molar-refractivity contribution is 6.30. The molecule has 1 aliphatic carbocycles. The van der Waals surface area contributed by atoms with Crippen LogP contribution in [0.3, 0.4) is 0 Å². The Labute approximate surface area is 141 Å². The van der Waals surface area contributed by atoms with Crippen LogP contribution in [-0.4, -0.2) is 19.2 Å². The van der Waals surface area contributed by atoms with Crippen LogP contribution in [0, 0.1) is 0 Å². The first-order chi connectivity index (χ1) is 11.2. The van der Waals surface area contributed by atoms with Crippen molar-refractivity contribution in [1.82, 2.24) is 0 Å². The topological polar surface area (TPSA) is 12.5 Å². The third-order valence-electron chi connectivity index (χ3n) is 5.95. The number of halogens is 1. The number of anilines is 1. The normalized spacial score (nSPS) is 30.9. The van der Waals surface area contributed by atoms with E-state index >= 15 is 0 Å². The summed E-state index contributed by atoms with van der Waals surface area (Å²) in [6, 6.07) is 16.8. The first-order valence-electron chi connectivity index (χ1n) is 8.13. The van der Waals surface area contributed by atoms with E-state index in [0.29, 0.717) is 0 Å². The van der Waals surface area contributed by atoms with Crippen molar-refractivity contribution in [2.75, 3.05) is 18.6 Å². The maximum Gasteiger partial charge on any atom is 0.144 e. The third kappa shape index (κ3) is 1.44. The van der Waals surface area contributed by atoms with Crippen molar-refractivity contribution < 1.29 is 4.74 Å². The molecule has 0 unspecified atom stereocenters. The van der Waals surface area contributed by atoms with Crippen LogP contribution in [0.25, 0.3) is 5.57 Å². The molecule has 2 atom stereocenters. The molecule has 2 aliphatic heterocycles. The predicted molar refractivity (Wildman–Crippen MR) is 93.9 cm³/mol. The van der Waals surface area contributed by atoms with Crippen molar-refractivity contribution >= 4 is 22.9 Å². The fraction of sp³-hybridized carbons (Fsp3) is 0.300. The molecule has 0 amide bonds. The molecule has 3 aliphatic rings. The lowest BCUT2D eigenvalue weighted by Crippen LogP contribution is -2.51. The van der Waals surface area contributed by atoms with Crippen LogP contribution in [0.1, 0.15) is 24.0 Å². The lowest BCUT2D eigenvalue weighted by molar-refractivity contribution is 0.0311. The van der Waals surface area contributed by atoms with Gasteiger partial charge in [0.2, 0.25) is 0 Å². The SMILES string of the molecule is CN1c2ccccc2[C@]23OCC[C@]12CC=C3c1ccc(Cl)cc1. The standard InChI is InChI=1S/C20H18ClNO/c1-22-18-5-3-2-4-17(18)20-16(14-6-8-15(21)9-7-14)10-11-19(20,22)12-13-23-20/h2-10H,11-13H2,1H3/t19-,20-/m0/s1.